The van der Waals surface area contributed by atoms with Crippen LogP contribution in [0.4, 0.5) is 5.69 Å². The van der Waals surface area contributed by atoms with Crippen LogP contribution in [0.2, 0.25) is 5.15 Å². The molecule has 0 aliphatic carbocycles. The summed E-state index contributed by atoms with van der Waals surface area (Å²) >= 11 is 5.87. The van der Waals surface area contributed by atoms with Crippen LogP contribution in [-0.4, -0.2) is 4.98 Å². The van der Waals surface area contributed by atoms with E-state index in [0.29, 0.717) is 11.2 Å². The van der Waals surface area contributed by atoms with E-state index in [0.717, 1.165) is 17.7 Å². The first-order valence-electron chi connectivity index (χ1n) is 6.14. The number of hydrogen-bond donors (Lipinski definition) is 1. The Labute approximate surface area is 113 Å². The van der Waals surface area contributed by atoms with E-state index in [2.05, 4.69) is 41.5 Å². The van der Waals surface area contributed by atoms with Gasteiger partial charge in [0.1, 0.15) is 5.15 Å². The fourth-order valence-corrected chi connectivity index (χ4v) is 2.18. The van der Waals surface area contributed by atoms with Gasteiger partial charge in [-0.3, -0.25) is 0 Å². The minimum Gasteiger partial charge on any atom is -0.377 e. The highest BCUT2D eigenvalue weighted by atomic mass is 35.5. The highest BCUT2D eigenvalue weighted by Gasteiger charge is 2.10. The molecule has 2 rings (SSSR count). The third-order valence-electron chi connectivity index (χ3n) is 3.02. The molecule has 0 aliphatic rings. The second kappa shape index (κ2) is 5.87. The first-order chi connectivity index (χ1) is 8.70. The summed E-state index contributed by atoms with van der Waals surface area (Å²) in [6, 6.07) is 12.6. The zero-order valence-electron chi connectivity index (χ0n) is 10.7. The van der Waals surface area contributed by atoms with Gasteiger partial charge in [0.15, 0.2) is 0 Å². The molecular weight excluding hydrogens is 244 g/mol. The normalized spacial score (nSPS) is 12.2. The van der Waals surface area contributed by atoms with Crippen molar-refractivity contribution in [3.8, 4) is 0 Å². The topological polar surface area (TPSA) is 24.9 Å². The Bertz CT molecular complexity index is 511. The van der Waals surface area contributed by atoms with Gasteiger partial charge in [-0.05, 0) is 30.5 Å². The average molecular weight is 261 g/mol. The number of aromatic nitrogens is 1. The highest BCUT2D eigenvalue weighted by Crippen LogP contribution is 2.25. The number of benzene rings is 1. The SMILES string of the molecule is CCC(Nc1cnc(Cl)cc1C)c1ccccc1. The first kappa shape index (κ1) is 12.9. The van der Waals surface area contributed by atoms with Gasteiger partial charge in [0.25, 0.3) is 0 Å². The van der Waals surface area contributed by atoms with Crippen LogP contribution in [-0.2, 0) is 0 Å². The molecule has 0 amide bonds. The summed E-state index contributed by atoms with van der Waals surface area (Å²) in [4.78, 5) is 4.12. The maximum absolute atomic E-state index is 5.87. The molecule has 94 valence electrons. The van der Waals surface area contributed by atoms with Gasteiger partial charge in [-0.1, -0.05) is 48.9 Å². The third kappa shape index (κ3) is 3.02. The van der Waals surface area contributed by atoms with E-state index in [4.69, 9.17) is 11.6 Å². The standard InChI is InChI=1S/C15H17ClN2/c1-3-13(12-7-5-4-6-8-12)18-14-10-17-15(16)9-11(14)2/h4-10,13,18H,3H2,1-2H3. The number of anilines is 1. The molecule has 0 aliphatic heterocycles. The van der Waals surface area contributed by atoms with Crippen molar-refractivity contribution in [2.24, 2.45) is 0 Å². The van der Waals surface area contributed by atoms with Crippen LogP contribution in [0, 0.1) is 6.92 Å². The van der Waals surface area contributed by atoms with Gasteiger partial charge in [0.05, 0.1) is 17.9 Å². The Kier molecular flexibility index (Phi) is 4.21. The van der Waals surface area contributed by atoms with E-state index in [-0.39, 0.29) is 0 Å². The van der Waals surface area contributed by atoms with Gasteiger partial charge in [0, 0.05) is 0 Å². The molecule has 0 fully saturated rings. The molecule has 0 radical (unpaired) electrons. The highest BCUT2D eigenvalue weighted by molar-refractivity contribution is 6.29. The van der Waals surface area contributed by atoms with Crippen LogP contribution >= 0.6 is 11.6 Å². The summed E-state index contributed by atoms with van der Waals surface area (Å²) < 4.78 is 0. The zero-order valence-corrected chi connectivity index (χ0v) is 11.4. The number of rotatable bonds is 4. The van der Waals surface area contributed by atoms with Gasteiger partial charge < -0.3 is 5.32 Å². The number of hydrogen-bond acceptors (Lipinski definition) is 2. The molecule has 1 N–H and O–H groups in total. The lowest BCUT2D eigenvalue weighted by molar-refractivity contribution is 0.747. The van der Waals surface area contributed by atoms with E-state index in [1.807, 2.05) is 19.1 Å². The van der Waals surface area contributed by atoms with Crippen LogP contribution < -0.4 is 5.32 Å². The van der Waals surface area contributed by atoms with Crippen LogP contribution in [0.1, 0.15) is 30.5 Å². The van der Waals surface area contributed by atoms with Crippen LogP contribution in [0.5, 0.6) is 0 Å². The molecule has 18 heavy (non-hydrogen) atoms. The predicted octanol–water partition coefficient (Wildman–Crippen LogP) is 4.61. The molecule has 0 bridgehead atoms. The van der Waals surface area contributed by atoms with Crippen molar-refractivity contribution in [1.82, 2.24) is 4.98 Å². The number of nitrogens with zero attached hydrogens (tertiary/aromatic N) is 1. The second-order valence-corrected chi connectivity index (χ2v) is 4.73. The lowest BCUT2D eigenvalue weighted by Gasteiger charge is -2.20. The van der Waals surface area contributed by atoms with E-state index in [1.54, 1.807) is 6.20 Å². The lowest BCUT2D eigenvalue weighted by Crippen LogP contribution is -2.10. The van der Waals surface area contributed by atoms with Crippen LogP contribution in [0.3, 0.4) is 0 Å². The number of nitrogens with one attached hydrogen (secondary N) is 1. The molecule has 1 aromatic carbocycles. The Morgan fingerprint density at radius 1 is 1.28 bits per heavy atom. The van der Waals surface area contributed by atoms with Crippen LogP contribution in [0.15, 0.2) is 42.6 Å². The molecule has 0 saturated heterocycles. The second-order valence-electron chi connectivity index (χ2n) is 4.34. The van der Waals surface area contributed by atoms with Crippen molar-refractivity contribution in [2.45, 2.75) is 26.3 Å². The smallest absolute Gasteiger partial charge is 0.129 e. The fraction of sp³-hybridized carbons (Fsp3) is 0.267. The van der Waals surface area contributed by atoms with Gasteiger partial charge in [-0.25, -0.2) is 4.98 Å². The Balaban J connectivity index is 2.21. The van der Waals surface area contributed by atoms with Crippen molar-refractivity contribution in [1.29, 1.82) is 0 Å². The zero-order chi connectivity index (χ0) is 13.0. The van der Waals surface area contributed by atoms with E-state index in [1.165, 1.54) is 5.56 Å². The van der Waals surface area contributed by atoms with E-state index >= 15 is 0 Å². The molecule has 3 heteroatoms. The van der Waals surface area contributed by atoms with Crippen molar-refractivity contribution in [3.63, 3.8) is 0 Å². The summed E-state index contributed by atoms with van der Waals surface area (Å²) in [6.07, 6.45) is 2.81. The summed E-state index contributed by atoms with van der Waals surface area (Å²) in [7, 11) is 0. The van der Waals surface area contributed by atoms with E-state index in [9.17, 15) is 0 Å². The van der Waals surface area contributed by atoms with Gasteiger partial charge in [0.2, 0.25) is 0 Å². The molecule has 1 atom stereocenters. The largest absolute Gasteiger partial charge is 0.377 e. The lowest BCUT2D eigenvalue weighted by atomic mass is 10.0. The van der Waals surface area contributed by atoms with Crippen molar-refractivity contribution in [3.05, 3.63) is 58.9 Å². The molecule has 0 saturated carbocycles. The van der Waals surface area contributed by atoms with Gasteiger partial charge in [-0.2, -0.15) is 0 Å². The number of halogens is 1. The quantitative estimate of drug-likeness (QED) is 0.813. The van der Waals surface area contributed by atoms with Crippen molar-refractivity contribution >= 4 is 17.3 Å². The summed E-state index contributed by atoms with van der Waals surface area (Å²) in [5.74, 6) is 0. The Morgan fingerprint density at radius 3 is 2.61 bits per heavy atom. The summed E-state index contributed by atoms with van der Waals surface area (Å²) in [6.45, 7) is 4.21. The number of aryl methyl sites for hydroxylation is 1. The monoisotopic (exact) mass is 260 g/mol. The fourth-order valence-electron chi connectivity index (χ4n) is 1.97. The minimum absolute atomic E-state index is 0.299. The third-order valence-corrected chi connectivity index (χ3v) is 3.22. The van der Waals surface area contributed by atoms with Gasteiger partial charge in [-0.15, -0.1) is 0 Å². The molecule has 1 heterocycles. The molecule has 0 spiro atoms. The van der Waals surface area contributed by atoms with Crippen LogP contribution in [0.25, 0.3) is 0 Å². The predicted molar refractivity (Wildman–Crippen MR) is 77.1 cm³/mol. The Hall–Kier alpha value is -1.54. The molecule has 1 aromatic heterocycles. The average Bonchev–Trinajstić information content (AvgIpc) is 2.39. The maximum atomic E-state index is 5.87. The maximum Gasteiger partial charge on any atom is 0.129 e. The van der Waals surface area contributed by atoms with Crippen molar-refractivity contribution < 1.29 is 0 Å². The van der Waals surface area contributed by atoms with E-state index < -0.39 is 0 Å². The molecular formula is C15H17ClN2. The Morgan fingerprint density at radius 2 is 2.00 bits per heavy atom. The summed E-state index contributed by atoms with van der Waals surface area (Å²) in [5.41, 5.74) is 3.44. The molecule has 2 nitrogen and oxygen atoms in total. The minimum atomic E-state index is 0.299. The van der Waals surface area contributed by atoms with Crippen molar-refractivity contribution in [2.75, 3.05) is 5.32 Å². The first-order valence-corrected chi connectivity index (χ1v) is 6.52. The number of pyridine rings is 1. The summed E-state index contributed by atoms with van der Waals surface area (Å²) in [5, 5.41) is 4.05. The molecule has 2 aromatic rings. The molecule has 1 unspecified atom stereocenters. The van der Waals surface area contributed by atoms with Gasteiger partial charge >= 0.3 is 0 Å².